The van der Waals surface area contributed by atoms with Crippen LogP contribution in [0.2, 0.25) is 5.02 Å². The van der Waals surface area contributed by atoms with E-state index in [-0.39, 0.29) is 22.7 Å². The molecule has 0 saturated carbocycles. The highest BCUT2D eigenvalue weighted by molar-refractivity contribution is 6.32. The summed E-state index contributed by atoms with van der Waals surface area (Å²) in [6.45, 7) is 4.54. The zero-order valence-electron chi connectivity index (χ0n) is 10.4. The molecule has 0 saturated heterocycles. The van der Waals surface area contributed by atoms with E-state index in [0.717, 1.165) is 6.42 Å². The van der Waals surface area contributed by atoms with Crippen molar-refractivity contribution >= 4 is 23.0 Å². The summed E-state index contributed by atoms with van der Waals surface area (Å²) < 4.78 is 0. The molecule has 1 aromatic carbocycles. The van der Waals surface area contributed by atoms with Crippen molar-refractivity contribution < 1.29 is 10.0 Å². The van der Waals surface area contributed by atoms with Crippen LogP contribution in [0.15, 0.2) is 18.2 Å². The van der Waals surface area contributed by atoms with E-state index in [2.05, 4.69) is 5.32 Å². The first-order chi connectivity index (χ1) is 8.41. The van der Waals surface area contributed by atoms with E-state index >= 15 is 0 Å². The standard InChI is InChI=1S/C12H17ClN2O3/c1-3-12(2,8-16)7-14-9-4-5-10(13)11(6-9)15(17)18/h4-6,14,16H,3,7-8H2,1-2H3. The molecular weight excluding hydrogens is 256 g/mol. The lowest BCUT2D eigenvalue weighted by molar-refractivity contribution is -0.384. The minimum Gasteiger partial charge on any atom is -0.396 e. The number of anilines is 1. The minimum absolute atomic E-state index is 0.0617. The summed E-state index contributed by atoms with van der Waals surface area (Å²) in [5, 5.41) is 23.2. The third kappa shape index (κ3) is 3.58. The van der Waals surface area contributed by atoms with Crippen LogP contribution < -0.4 is 5.32 Å². The first-order valence-electron chi connectivity index (χ1n) is 5.70. The summed E-state index contributed by atoms with van der Waals surface area (Å²) in [5.41, 5.74) is 0.261. The molecular formula is C12H17ClN2O3. The number of rotatable bonds is 6. The van der Waals surface area contributed by atoms with Crippen molar-refractivity contribution in [2.45, 2.75) is 20.3 Å². The van der Waals surface area contributed by atoms with Crippen molar-refractivity contribution in [1.29, 1.82) is 0 Å². The number of hydrogen-bond acceptors (Lipinski definition) is 4. The fraction of sp³-hybridized carbons (Fsp3) is 0.500. The molecule has 0 bridgehead atoms. The normalized spacial score (nSPS) is 14.0. The van der Waals surface area contributed by atoms with Gasteiger partial charge in [0.25, 0.3) is 5.69 Å². The lowest BCUT2D eigenvalue weighted by atomic mass is 9.88. The van der Waals surface area contributed by atoms with Gasteiger partial charge in [0, 0.05) is 23.7 Å². The average molecular weight is 273 g/mol. The number of nitrogens with one attached hydrogen (secondary N) is 1. The molecule has 0 radical (unpaired) electrons. The van der Waals surface area contributed by atoms with Crippen molar-refractivity contribution in [3.8, 4) is 0 Å². The second-order valence-corrected chi connectivity index (χ2v) is 5.01. The first kappa shape index (κ1) is 14.7. The first-order valence-corrected chi connectivity index (χ1v) is 6.08. The van der Waals surface area contributed by atoms with Crippen LogP contribution in [0, 0.1) is 15.5 Å². The smallest absolute Gasteiger partial charge is 0.289 e. The van der Waals surface area contributed by atoms with E-state index in [0.29, 0.717) is 12.2 Å². The molecule has 6 heteroatoms. The Morgan fingerprint density at radius 3 is 2.72 bits per heavy atom. The monoisotopic (exact) mass is 272 g/mol. The molecule has 18 heavy (non-hydrogen) atoms. The molecule has 0 aliphatic rings. The molecule has 0 heterocycles. The summed E-state index contributed by atoms with van der Waals surface area (Å²) in [4.78, 5) is 10.2. The Labute approximate surface area is 111 Å². The van der Waals surface area contributed by atoms with Crippen LogP contribution >= 0.6 is 11.6 Å². The molecule has 1 rings (SSSR count). The topological polar surface area (TPSA) is 75.4 Å². The van der Waals surface area contributed by atoms with E-state index in [4.69, 9.17) is 11.6 Å². The van der Waals surface area contributed by atoms with E-state index < -0.39 is 4.92 Å². The number of nitro groups is 1. The van der Waals surface area contributed by atoms with Gasteiger partial charge in [0.15, 0.2) is 0 Å². The molecule has 0 aromatic heterocycles. The fourth-order valence-corrected chi connectivity index (χ4v) is 1.56. The minimum atomic E-state index is -0.515. The van der Waals surface area contributed by atoms with Gasteiger partial charge in [0.05, 0.1) is 11.5 Å². The number of nitro benzene ring substituents is 1. The van der Waals surface area contributed by atoms with Gasteiger partial charge in [-0.15, -0.1) is 0 Å². The van der Waals surface area contributed by atoms with Crippen molar-refractivity contribution in [3.05, 3.63) is 33.3 Å². The number of benzene rings is 1. The predicted molar refractivity (Wildman–Crippen MR) is 72.1 cm³/mol. The highest BCUT2D eigenvalue weighted by atomic mass is 35.5. The van der Waals surface area contributed by atoms with Crippen LogP contribution in [0.5, 0.6) is 0 Å². The van der Waals surface area contributed by atoms with Gasteiger partial charge in [-0.25, -0.2) is 0 Å². The van der Waals surface area contributed by atoms with Gasteiger partial charge in [-0.2, -0.15) is 0 Å². The number of aliphatic hydroxyl groups is 1. The Morgan fingerprint density at radius 2 is 2.22 bits per heavy atom. The Morgan fingerprint density at radius 1 is 1.56 bits per heavy atom. The van der Waals surface area contributed by atoms with E-state index in [1.807, 2.05) is 13.8 Å². The zero-order valence-corrected chi connectivity index (χ0v) is 11.2. The van der Waals surface area contributed by atoms with Crippen molar-refractivity contribution in [3.63, 3.8) is 0 Å². The number of halogens is 1. The Hall–Kier alpha value is -1.33. The van der Waals surface area contributed by atoms with Gasteiger partial charge in [0.1, 0.15) is 5.02 Å². The number of nitrogens with zero attached hydrogens (tertiary/aromatic N) is 1. The van der Waals surface area contributed by atoms with Gasteiger partial charge in [-0.3, -0.25) is 10.1 Å². The molecule has 100 valence electrons. The molecule has 0 aliphatic carbocycles. The maximum atomic E-state index is 10.7. The summed E-state index contributed by atoms with van der Waals surface area (Å²) in [6.07, 6.45) is 0.812. The zero-order chi connectivity index (χ0) is 13.8. The van der Waals surface area contributed by atoms with Crippen molar-refractivity contribution in [1.82, 2.24) is 0 Å². The summed E-state index contributed by atoms with van der Waals surface area (Å²) >= 11 is 5.73. The molecule has 1 aromatic rings. The average Bonchev–Trinajstić information content (AvgIpc) is 2.37. The molecule has 0 spiro atoms. The van der Waals surface area contributed by atoms with Crippen molar-refractivity contribution in [2.75, 3.05) is 18.5 Å². The number of aliphatic hydroxyl groups excluding tert-OH is 1. The summed E-state index contributed by atoms with van der Waals surface area (Å²) in [6, 6.07) is 4.57. The quantitative estimate of drug-likeness (QED) is 0.616. The third-order valence-electron chi connectivity index (χ3n) is 3.10. The van der Waals surface area contributed by atoms with E-state index in [1.54, 1.807) is 6.07 Å². The molecule has 0 amide bonds. The van der Waals surface area contributed by atoms with Gasteiger partial charge in [-0.1, -0.05) is 25.4 Å². The fourth-order valence-electron chi connectivity index (χ4n) is 1.37. The Balaban J connectivity index is 2.80. The Bertz CT molecular complexity index is 433. The van der Waals surface area contributed by atoms with Crippen LogP contribution in [0.4, 0.5) is 11.4 Å². The van der Waals surface area contributed by atoms with Gasteiger partial charge < -0.3 is 10.4 Å². The SMILES string of the molecule is CCC(C)(CO)CNc1ccc(Cl)c([N+](=O)[O-])c1. The molecule has 0 aliphatic heterocycles. The highest BCUT2D eigenvalue weighted by Gasteiger charge is 2.21. The van der Waals surface area contributed by atoms with E-state index in [1.165, 1.54) is 12.1 Å². The Kier molecular flexibility index (Phi) is 4.93. The van der Waals surface area contributed by atoms with Crippen molar-refractivity contribution in [2.24, 2.45) is 5.41 Å². The molecule has 5 nitrogen and oxygen atoms in total. The van der Waals surface area contributed by atoms with Crippen LogP contribution in [0.1, 0.15) is 20.3 Å². The summed E-state index contributed by atoms with van der Waals surface area (Å²) in [5.74, 6) is 0. The maximum Gasteiger partial charge on any atom is 0.289 e. The van der Waals surface area contributed by atoms with Gasteiger partial charge >= 0.3 is 0 Å². The lowest BCUT2D eigenvalue weighted by Crippen LogP contribution is -2.29. The molecule has 1 atom stereocenters. The van der Waals surface area contributed by atoms with Crippen LogP contribution in [-0.2, 0) is 0 Å². The summed E-state index contributed by atoms with van der Waals surface area (Å²) in [7, 11) is 0. The van der Waals surface area contributed by atoms with E-state index in [9.17, 15) is 15.2 Å². The lowest BCUT2D eigenvalue weighted by Gasteiger charge is -2.26. The highest BCUT2D eigenvalue weighted by Crippen LogP contribution is 2.28. The molecule has 0 fully saturated rings. The number of hydrogen-bond donors (Lipinski definition) is 2. The second kappa shape index (κ2) is 6.02. The predicted octanol–water partition coefficient (Wildman–Crippen LogP) is 3.07. The third-order valence-corrected chi connectivity index (χ3v) is 3.42. The molecule has 1 unspecified atom stereocenters. The van der Waals surface area contributed by atoms with Crippen LogP contribution in [-0.4, -0.2) is 23.2 Å². The van der Waals surface area contributed by atoms with Crippen LogP contribution in [0.25, 0.3) is 0 Å². The van der Waals surface area contributed by atoms with Gasteiger partial charge in [-0.05, 0) is 18.6 Å². The largest absolute Gasteiger partial charge is 0.396 e. The van der Waals surface area contributed by atoms with Crippen LogP contribution in [0.3, 0.4) is 0 Å². The maximum absolute atomic E-state index is 10.7. The van der Waals surface area contributed by atoms with Gasteiger partial charge in [0.2, 0.25) is 0 Å². The second-order valence-electron chi connectivity index (χ2n) is 4.60. The molecule has 2 N–H and O–H groups in total.